The maximum atomic E-state index is 5.15. The molecule has 0 bridgehead atoms. The first-order valence-electron chi connectivity index (χ1n) is 7.48. The van der Waals surface area contributed by atoms with E-state index in [-0.39, 0.29) is 0 Å². The van der Waals surface area contributed by atoms with Crippen LogP contribution >= 0.6 is 0 Å². The van der Waals surface area contributed by atoms with Crippen LogP contribution in [0.3, 0.4) is 0 Å². The lowest BCUT2D eigenvalue weighted by Gasteiger charge is -2.42. The van der Waals surface area contributed by atoms with E-state index in [2.05, 4.69) is 37.3 Å². The summed E-state index contributed by atoms with van der Waals surface area (Å²) in [4.78, 5) is 2.44. The average molecular weight is 264 g/mol. The molecule has 0 saturated heterocycles. The third kappa shape index (κ3) is 4.08. The molecule has 3 nitrogen and oxygen atoms in total. The van der Waals surface area contributed by atoms with Crippen LogP contribution in [0.5, 0.6) is 0 Å². The molecule has 1 aliphatic carbocycles. The summed E-state index contributed by atoms with van der Waals surface area (Å²) in [6, 6.07) is 2.06. The van der Waals surface area contributed by atoms with Gasteiger partial charge in [0.15, 0.2) is 0 Å². The van der Waals surface area contributed by atoms with Crippen LogP contribution in [0, 0.1) is 11.3 Å². The molecule has 108 valence electrons. The van der Waals surface area contributed by atoms with Crippen LogP contribution in [0.25, 0.3) is 0 Å². The lowest BCUT2D eigenvalue weighted by atomic mass is 9.70. The fourth-order valence-electron chi connectivity index (χ4n) is 3.46. The van der Waals surface area contributed by atoms with E-state index in [1.165, 1.54) is 37.8 Å². The van der Waals surface area contributed by atoms with E-state index in [0.717, 1.165) is 19.0 Å². The van der Waals surface area contributed by atoms with Gasteiger partial charge in [0.1, 0.15) is 0 Å². The van der Waals surface area contributed by atoms with E-state index < -0.39 is 0 Å². The Labute approximate surface area is 117 Å². The fourth-order valence-corrected chi connectivity index (χ4v) is 3.46. The highest BCUT2D eigenvalue weighted by Gasteiger charge is 2.34. The van der Waals surface area contributed by atoms with Gasteiger partial charge in [0.25, 0.3) is 0 Å². The summed E-state index contributed by atoms with van der Waals surface area (Å²) in [5.41, 5.74) is 1.73. The molecule has 1 saturated carbocycles. The van der Waals surface area contributed by atoms with Crippen LogP contribution in [0.15, 0.2) is 23.0 Å². The van der Waals surface area contributed by atoms with Gasteiger partial charge in [0.05, 0.1) is 12.5 Å². The van der Waals surface area contributed by atoms with E-state index in [0.29, 0.717) is 5.41 Å². The molecule has 0 radical (unpaired) electrons. The Bertz CT molecular complexity index is 353. The fraction of sp³-hybridized carbons (Fsp3) is 0.750. The lowest BCUT2D eigenvalue weighted by molar-refractivity contribution is 0.0978. The monoisotopic (exact) mass is 264 g/mol. The van der Waals surface area contributed by atoms with Crippen molar-refractivity contribution < 1.29 is 4.42 Å². The molecule has 0 aliphatic heterocycles. The standard InChI is InChI=1S/C16H28N2O/c1-14-4-7-16(8-5-14,12-17-2)13-18(3)10-15-6-9-19-11-15/h6,9,11,14,17H,4-5,7-8,10,12-13H2,1-3H3. The molecule has 1 N–H and O–H groups in total. The third-order valence-corrected chi connectivity index (χ3v) is 4.52. The Kier molecular flexibility index (Phi) is 5.06. The van der Waals surface area contributed by atoms with Gasteiger partial charge < -0.3 is 14.6 Å². The third-order valence-electron chi connectivity index (χ3n) is 4.52. The first kappa shape index (κ1) is 14.6. The maximum Gasteiger partial charge on any atom is 0.0947 e. The van der Waals surface area contributed by atoms with E-state index >= 15 is 0 Å². The van der Waals surface area contributed by atoms with E-state index in [4.69, 9.17) is 4.42 Å². The van der Waals surface area contributed by atoms with Crippen LogP contribution in [-0.2, 0) is 6.54 Å². The van der Waals surface area contributed by atoms with Crippen LogP contribution in [0.4, 0.5) is 0 Å². The second kappa shape index (κ2) is 6.58. The molecule has 1 aliphatic rings. The minimum absolute atomic E-state index is 0.458. The lowest BCUT2D eigenvalue weighted by Crippen LogP contribution is -2.44. The predicted molar refractivity (Wildman–Crippen MR) is 79.0 cm³/mol. The van der Waals surface area contributed by atoms with Gasteiger partial charge >= 0.3 is 0 Å². The maximum absolute atomic E-state index is 5.15. The second-order valence-electron chi connectivity index (χ2n) is 6.52. The molecule has 0 amide bonds. The summed E-state index contributed by atoms with van der Waals surface area (Å²) < 4.78 is 5.15. The summed E-state index contributed by atoms with van der Waals surface area (Å²) in [5, 5.41) is 3.41. The van der Waals surface area contributed by atoms with Crippen molar-refractivity contribution in [3.63, 3.8) is 0 Å². The predicted octanol–water partition coefficient (Wildman–Crippen LogP) is 3.13. The van der Waals surface area contributed by atoms with Gasteiger partial charge in [-0.25, -0.2) is 0 Å². The average Bonchev–Trinajstić information content (AvgIpc) is 2.86. The topological polar surface area (TPSA) is 28.4 Å². The summed E-state index contributed by atoms with van der Waals surface area (Å²) in [6.45, 7) is 5.68. The molecule has 1 fully saturated rings. The quantitative estimate of drug-likeness (QED) is 0.855. The molecular weight excluding hydrogens is 236 g/mol. The molecule has 1 heterocycles. The van der Waals surface area contributed by atoms with E-state index in [1.54, 1.807) is 6.26 Å². The Morgan fingerprint density at radius 2 is 2.16 bits per heavy atom. The molecule has 19 heavy (non-hydrogen) atoms. The molecule has 3 heteroatoms. The molecule has 0 spiro atoms. The highest BCUT2D eigenvalue weighted by Crippen LogP contribution is 2.39. The minimum Gasteiger partial charge on any atom is -0.472 e. The van der Waals surface area contributed by atoms with Crippen molar-refractivity contribution in [2.45, 2.75) is 39.2 Å². The van der Waals surface area contributed by atoms with Crippen LogP contribution < -0.4 is 5.32 Å². The van der Waals surface area contributed by atoms with Crippen molar-refractivity contribution in [1.82, 2.24) is 10.2 Å². The second-order valence-corrected chi connectivity index (χ2v) is 6.52. The van der Waals surface area contributed by atoms with E-state index in [1.807, 2.05) is 6.26 Å². The number of nitrogens with one attached hydrogen (secondary N) is 1. The number of nitrogens with zero attached hydrogens (tertiary/aromatic N) is 1. The summed E-state index contributed by atoms with van der Waals surface area (Å²) in [6.07, 6.45) is 9.07. The van der Waals surface area contributed by atoms with Gasteiger partial charge in [-0.1, -0.05) is 19.8 Å². The number of hydrogen-bond donors (Lipinski definition) is 1. The molecule has 0 unspecified atom stereocenters. The molecule has 0 atom stereocenters. The van der Waals surface area contributed by atoms with Gasteiger partial charge in [-0.3, -0.25) is 0 Å². The van der Waals surface area contributed by atoms with Gasteiger partial charge in [0, 0.05) is 25.2 Å². The Morgan fingerprint density at radius 1 is 1.42 bits per heavy atom. The van der Waals surface area contributed by atoms with E-state index in [9.17, 15) is 0 Å². The van der Waals surface area contributed by atoms with Crippen LogP contribution in [0.2, 0.25) is 0 Å². The van der Waals surface area contributed by atoms with Crippen molar-refractivity contribution in [3.8, 4) is 0 Å². The highest BCUT2D eigenvalue weighted by molar-refractivity contribution is 5.05. The first-order chi connectivity index (χ1) is 9.13. The number of rotatable bonds is 6. The Hall–Kier alpha value is -0.800. The zero-order valence-corrected chi connectivity index (χ0v) is 12.6. The molecule has 1 aromatic rings. The normalized spacial score (nSPS) is 27.9. The summed E-state index contributed by atoms with van der Waals surface area (Å²) >= 11 is 0. The van der Waals surface area contributed by atoms with Crippen LogP contribution in [-0.4, -0.2) is 32.1 Å². The Morgan fingerprint density at radius 3 is 2.74 bits per heavy atom. The summed E-state index contributed by atoms with van der Waals surface area (Å²) in [5.74, 6) is 0.907. The summed E-state index contributed by atoms with van der Waals surface area (Å²) in [7, 11) is 4.30. The van der Waals surface area contributed by atoms with Gasteiger partial charge in [-0.15, -0.1) is 0 Å². The first-order valence-corrected chi connectivity index (χ1v) is 7.48. The smallest absolute Gasteiger partial charge is 0.0947 e. The minimum atomic E-state index is 0.458. The van der Waals surface area contributed by atoms with Gasteiger partial charge in [-0.05, 0) is 44.3 Å². The number of hydrogen-bond acceptors (Lipinski definition) is 3. The number of furan rings is 1. The highest BCUT2D eigenvalue weighted by atomic mass is 16.3. The Balaban J connectivity index is 1.92. The van der Waals surface area contributed by atoms with Crippen molar-refractivity contribution in [3.05, 3.63) is 24.2 Å². The van der Waals surface area contributed by atoms with Gasteiger partial charge in [0.2, 0.25) is 0 Å². The molecule has 2 rings (SSSR count). The van der Waals surface area contributed by atoms with Crippen molar-refractivity contribution >= 4 is 0 Å². The van der Waals surface area contributed by atoms with Gasteiger partial charge in [-0.2, -0.15) is 0 Å². The van der Waals surface area contributed by atoms with Crippen molar-refractivity contribution in [2.75, 3.05) is 27.2 Å². The zero-order chi connectivity index (χ0) is 13.7. The van der Waals surface area contributed by atoms with Crippen LogP contribution in [0.1, 0.15) is 38.2 Å². The molecule has 0 aromatic carbocycles. The zero-order valence-electron chi connectivity index (χ0n) is 12.6. The van der Waals surface area contributed by atoms with Crippen molar-refractivity contribution in [2.24, 2.45) is 11.3 Å². The van der Waals surface area contributed by atoms with Crippen molar-refractivity contribution in [1.29, 1.82) is 0 Å². The molecule has 1 aromatic heterocycles. The SMILES string of the molecule is CNCC1(CN(C)Cc2ccoc2)CCC(C)CC1. The molecular formula is C16H28N2O. The largest absolute Gasteiger partial charge is 0.472 e.